The number of ether oxygens (including phenoxy) is 1. The Morgan fingerprint density at radius 3 is 2.14 bits per heavy atom. The third-order valence-electron chi connectivity index (χ3n) is 9.19. The predicted octanol–water partition coefficient (Wildman–Crippen LogP) is 5.17. The van der Waals surface area contributed by atoms with Crippen molar-refractivity contribution in [1.82, 2.24) is 19.7 Å². The Morgan fingerprint density at radius 1 is 0.966 bits per heavy atom. The van der Waals surface area contributed by atoms with E-state index in [1.54, 1.807) is 24.1 Å². The van der Waals surface area contributed by atoms with E-state index in [4.69, 9.17) is 20.4 Å². The zero-order chi connectivity index (χ0) is 44.2. The van der Waals surface area contributed by atoms with Gasteiger partial charge in [0.25, 0.3) is 17.7 Å². The molecule has 1 aliphatic heterocycles. The summed E-state index contributed by atoms with van der Waals surface area (Å²) in [5, 5.41) is 9.85. The fourth-order valence-electron chi connectivity index (χ4n) is 6.19. The van der Waals surface area contributed by atoms with E-state index in [0.29, 0.717) is 17.8 Å². The van der Waals surface area contributed by atoms with Gasteiger partial charge in [-0.05, 0) is 55.0 Å². The maximum Gasteiger partial charge on any atom is 0.490 e. The van der Waals surface area contributed by atoms with Crippen LogP contribution in [0.15, 0.2) is 72.9 Å². The number of rotatable bonds is 17. The second kappa shape index (κ2) is 20.8. The first-order chi connectivity index (χ1) is 27.5. The largest absolute Gasteiger partial charge is 0.490 e. The summed E-state index contributed by atoms with van der Waals surface area (Å²) in [6, 6.07) is 13.0. The van der Waals surface area contributed by atoms with Crippen molar-refractivity contribution in [2.45, 2.75) is 77.9 Å². The lowest BCUT2D eigenvalue weighted by Crippen LogP contribution is -2.49. The fourth-order valence-corrected chi connectivity index (χ4v) is 6.19. The van der Waals surface area contributed by atoms with Gasteiger partial charge in [0.15, 0.2) is 5.78 Å². The SMILES string of the molecule is CO[C@@H](C)C(=O)N(CC[C@H](N)C(=O)NCCCC(=O)CN1C(=O)C=CC1=O)[C@@H](c1cc(-c2cc(F)ccc2F)cn1Cc1ccccc1)C(C)(C)C.O=C(O)C(F)(F)F. The number of carboxylic acid groups (broad SMARTS) is 1. The molecule has 320 valence electrons. The molecule has 13 nitrogen and oxygen atoms in total. The molecule has 0 saturated carbocycles. The second-order valence-electron chi connectivity index (χ2n) is 14.8. The van der Waals surface area contributed by atoms with E-state index in [1.165, 1.54) is 7.11 Å². The molecule has 2 aromatic carbocycles. The summed E-state index contributed by atoms with van der Waals surface area (Å²) in [5.41, 5.74) is 7.87. The van der Waals surface area contributed by atoms with Gasteiger partial charge in [0, 0.05) is 68.3 Å². The highest BCUT2D eigenvalue weighted by atomic mass is 19.4. The minimum atomic E-state index is -5.08. The molecular weight excluding hydrogens is 785 g/mol. The number of carbonyl (C=O) groups excluding carboxylic acids is 5. The van der Waals surface area contributed by atoms with Gasteiger partial charge in [-0.15, -0.1) is 0 Å². The molecule has 4 N–H and O–H groups in total. The number of nitrogens with two attached hydrogens (primary N) is 1. The zero-order valence-corrected chi connectivity index (χ0v) is 33.2. The van der Waals surface area contributed by atoms with Crippen molar-refractivity contribution < 1.29 is 60.6 Å². The molecule has 4 rings (SSSR count). The number of aliphatic carboxylic acids is 1. The van der Waals surface area contributed by atoms with Gasteiger partial charge in [0.1, 0.15) is 17.7 Å². The van der Waals surface area contributed by atoms with Gasteiger partial charge in [-0.25, -0.2) is 13.6 Å². The van der Waals surface area contributed by atoms with Gasteiger partial charge in [-0.1, -0.05) is 51.1 Å². The number of alkyl halides is 3. The normalized spacial score (nSPS) is 14.3. The van der Waals surface area contributed by atoms with Crippen molar-refractivity contribution in [2.75, 3.05) is 26.7 Å². The molecule has 1 aromatic heterocycles. The molecule has 59 heavy (non-hydrogen) atoms. The average molecular weight is 834 g/mol. The van der Waals surface area contributed by atoms with Crippen molar-refractivity contribution in [1.29, 1.82) is 0 Å². The number of amides is 4. The van der Waals surface area contributed by atoms with Crippen LogP contribution in [0.5, 0.6) is 0 Å². The number of hydrogen-bond donors (Lipinski definition) is 3. The van der Waals surface area contributed by atoms with E-state index in [-0.39, 0.29) is 56.2 Å². The number of carboxylic acids is 1. The standard InChI is InChI=1S/C39H47F2N5O6.C2HF3O2/c1-25(52-5)38(51)45(19-17-32(42)37(50)43-18-9-12-29(47)24-46-34(48)15-16-35(46)49)36(39(2,3)4)33-20-27(30-21-28(40)13-14-31(30)41)23-44(33)22-26-10-7-6-8-11-26;3-2(4,5)1(6)7/h6-8,10-11,13-16,20-21,23,25,32,36H,9,12,17-19,22,24,42H2,1-5H3,(H,43,50);(H,6,7)/t25-,32-,36-;/m0./s1. The summed E-state index contributed by atoms with van der Waals surface area (Å²) in [6.07, 6.45) is -1.55. The Bertz CT molecular complexity index is 1990. The van der Waals surface area contributed by atoms with Gasteiger partial charge in [-0.2, -0.15) is 13.2 Å². The van der Waals surface area contributed by atoms with Crippen LogP contribution in [0.1, 0.15) is 64.3 Å². The first kappa shape index (κ1) is 47.6. The maximum atomic E-state index is 15.1. The van der Waals surface area contributed by atoms with E-state index in [9.17, 15) is 41.5 Å². The fraction of sp³-hybridized carbons (Fsp3) is 0.415. The number of aromatic nitrogens is 1. The molecule has 0 saturated heterocycles. The summed E-state index contributed by atoms with van der Waals surface area (Å²) < 4.78 is 68.5. The minimum absolute atomic E-state index is 0.0428. The summed E-state index contributed by atoms with van der Waals surface area (Å²) in [7, 11) is 1.43. The highest BCUT2D eigenvalue weighted by molar-refractivity contribution is 6.14. The molecule has 0 bridgehead atoms. The lowest BCUT2D eigenvalue weighted by Gasteiger charge is -2.42. The quantitative estimate of drug-likeness (QED) is 0.0939. The lowest BCUT2D eigenvalue weighted by atomic mass is 9.82. The Balaban J connectivity index is 0.00000122. The number of nitrogens with zero attached hydrogens (tertiary/aromatic N) is 3. The van der Waals surface area contributed by atoms with Crippen molar-refractivity contribution in [3.8, 4) is 11.1 Å². The van der Waals surface area contributed by atoms with E-state index in [0.717, 1.165) is 40.8 Å². The summed E-state index contributed by atoms with van der Waals surface area (Å²) in [5.74, 6) is -6.15. The molecule has 3 aromatic rings. The molecule has 1 aliphatic rings. The minimum Gasteiger partial charge on any atom is -0.475 e. The van der Waals surface area contributed by atoms with E-state index in [2.05, 4.69) is 5.32 Å². The molecule has 0 radical (unpaired) electrons. The Hall–Kier alpha value is -5.75. The number of ketones is 1. The van der Waals surface area contributed by atoms with Gasteiger partial charge in [0.05, 0.1) is 18.6 Å². The predicted molar refractivity (Wildman–Crippen MR) is 205 cm³/mol. The molecule has 18 heteroatoms. The topological polar surface area (TPSA) is 181 Å². The Labute approximate surface area is 338 Å². The molecule has 0 spiro atoms. The van der Waals surface area contributed by atoms with Crippen molar-refractivity contribution in [3.05, 3.63) is 95.8 Å². The Kier molecular flexibility index (Phi) is 16.8. The van der Waals surface area contributed by atoms with E-state index < -0.39 is 65.1 Å². The summed E-state index contributed by atoms with van der Waals surface area (Å²) in [4.78, 5) is 74.2. The van der Waals surface area contributed by atoms with Crippen LogP contribution in [0.25, 0.3) is 11.1 Å². The van der Waals surface area contributed by atoms with E-state index >= 15 is 4.39 Å². The molecule has 4 amide bonds. The first-order valence-corrected chi connectivity index (χ1v) is 18.5. The molecule has 2 heterocycles. The smallest absolute Gasteiger partial charge is 0.475 e. The van der Waals surface area contributed by atoms with Crippen molar-refractivity contribution >= 4 is 35.4 Å². The first-order valence-electron chi connectivity index (χ1n) is 18.5. The number of methoxy groups -OCH3 is 1. The number of carbonyl (C=O) groups is 6. The monoisotopic (exact) mass is 833 g/mol. The van der Waals surface area contributed by atoms with Crippen LogP contribution >= 0.6 is 0 Å². The molecule has 0 fully saturated rings. The van der Waals surface area contributed by atoms with Crippen molar-refractivity contribution in [3.63, 3.8) is 0 Å². The van der Waals surface area contributed by atoms with Crippen LogP contribution in [0.3, 0.4) is 0 Å². The molecule has 0 aliphatic carbocycles. The van der Waals surface area contributed by atoms with Crippen LogP contribution in [-0.4, -0.2) is 99.9 Å². The van der Waals surface area contributed by atoms with Crippen LogP contribution in [0.2, 0.25) is 0 Å². The number of benzene rings is 2. The maximum absolute atomic E-state index is 15.1. The van der Waals surface area contributed by atoms with Crippen molar-refractivity contribution in [2.24, 2.45) is 11.1 Å². The molecule has 3 atom stereocenters. The molecular formula is C41H48F5N5O8. The highest BCUT2D eigenvalue weighted by Crippen LogP contribution is 2.41. The summed E-state index contributed by atoms with van der Waals surface area (Å²) in [6.45, 7) is 7.79. The second-order valence-corrected chi connectivity index (χ2v) is 14.8. The highest BCUT2D eigenvalue weighted by Gasteiger charge is 2.40. The lowest BCUT2D eigenvalue weighted by molar-refractivity contribution is -0.192. The van der Waals surface area contributed by atoms with Crippen LogP contribution in [-0.2, 0) is 40.0 Å². The summed E-state index contributed by atoms with van der Waals surface area (Å²) >= 11 is 0. The molecule has 0 unspecified atom stereocenters. The number of imide groups is 1. The number of nitrogens with one attached hydrogen (secondary N) is 1. The average Bonchev–Trinajstić information content (AvgIpc) is 3.72. The van der Waals surface area contributed by atoms with Crippen LogP contribution in [0, 0.1) is 17.0 Å². The zero-order valence-electron chi connectivity index (χ0n) is 33.2. The van der Waals surface area contributed by atoms with Crippen LogP contribution in [0.4, 0.5) is 22.0 Å². The van der Waals surface area contributed by atoms with Gasteiger partial charge >= 0.3 is 12.1 Å². The third kappa shape index (κ3) is 13.7. The number of halogens is 5. The van der Waals surface area contributed by atoms with Gasteiger partial charge < -0.3 is 30.4 Å². The third-order valence-corrected chi connectivity index (χ3v) is 9.19. The van der Waals surface area contributed by atoms with Gasteiger partial charge in [-0.3, -0.25) is 28.9 Å². The van der Waals surface area contributed by atoms with Gasteiger partial charge in [0.2, 0.25) is 5.91 Å². The van der Waals surface area contributed by atoms with E-state index in [1.807, 2.05) is 55.7 Å². The Morgan fingerprint density at radius 2 is 1.58 bits per heavy atom. The number of Topliss-reactive ketones (excluding diaryl/α,β-unsaturated/α-hetero) is 1. The van der Waals surface area contributed by atoms with Crippen LogP contribution < -0.4 is 11.1 Å². The number of hydrogen-bond acceptors (Lipinski definition) is 8.